The maximum absolute atomic E-state index is 13.0. The van der Waals surface area contributed by atoms with E-state index in [0.717, 1.165) is 25.0 Å². The van der Waals surface area contributed by atoms with Crippen molar-refractivity contribution in [3.05, 3.63) is 34.9 Å². The van der Waals surface area contributed by atoms with E-state index < -0.39 is 35.7 Å². The molecular weight excluding hydrogens is 275 g/mol. The van der Waals surface area contributed by atoms with Crippen molar-refractivity contribution < 1.29 is 27.9 Å². The number of carbonyl (C=O) groups excluding carboxylic acids is 1. The highest BCUT2D eigenvalue weighted by Gasteiger charge is 2.37. The fourth-order valence-corrected chi connectivity index (χ4v) is 1.92. The minimum Gasteiger partial charge on any atom is -0.480 e. The molecule has 0 aliphatic heterocycles. The summed E-state index contributed by atoms with van der Waals surface area (Å²) in [6, 6.07) is 3.57. The molecule has 1 aliphatic carbocycles. The molecule has 1 amide bonds. The molecule has 1 aromatic rings. The van der Waals surface area contributed by atoms with Crippen molar-refractivity contribution in [1.82, 2.24) is 5.32 Å². The van der Waals surface area contributed by atoms with Crippen molar-refractivity contribution in [2.75, 3.05) is 6.54 Å². The van der Waals surface area contributed by atoms with Crippen LogP contribution in [0.2, 0.25) is 0 Å². The molecule has 0 radical (unpaired) electrons. The van der Waals surface area contributed by atoms with Crippen LogP contribution in [0.25, 0.3) is 0 Å². The molecule has 0 bridgehead atoms. The first-order chi connectivity index (χ1) is 9.29. The van der Waals surface area contributed by atoms with Crippen molar-refractivity contribution in [3.8, 4) is 0 Å². The Balaban J connectivity index is 2.31. The van der Waals surface area contributed by atoms with Gasteiger partial charge in [0.15, 0.2) is 0 Å². The Kier molecular flexibility index (Phi) is 3.69. The van der Waals surface area contributed by atoms with Gasteiger partial charge in [-0.05, 0) is 36.5 Å². The molecule has 2 N–H and O–H groups in total. The largest absolute Gasteiger partial charge is 0.480 e. The standard InChI is InChI=1S/C13H12F3NO3/c14-13(15,16)10-5-8(7-1-2-7)3-4-9(10)12(20)17-6-11(18)19/h3-5,7H,1-2,6H2,(H,17,20)(H,18,19). The summed E-state index contributed by atoms with van der Waals surface area (Å²) in [5.41, 5.74) is -1.01. The molecule has 0 unspecified atom stereocenters. The molecular formula is C13H12F3NO3. The third-order valence-electron chi connectivity index (χ3n) is 3.04. The fourth-order valence-electron chi connectivity index (χ4n) is 1.92. The summed E-state index contributed by atoms with van der Waals surface area (Å²) in [5.74, 6) is -2.23. The number of carboxylic acids is 1. The topological polar surface area (TPSA) is 66.4 Å². The summed E-state index contributed by atoms with van der Waals surface area (Å²) >= 11 is 0. The lowest BCUT2D eigenvalue weighted by Crippen LogP contribution is -2.31. The lowest BCUT2D eigenvalue weighted by Gasteiger charge is -2.14. The zero-order chi connectivity index (χ0) is 14.9. The number of halogens is 3. The van der Waals surface area contributed by atoms with Crippen LogP contribution in [0.5, 0.6) is 0 Å². The Bertz CT molecular complexity index is 550. The number of amides is 1. The van der Waals surface area contributed by atoms with E-state index in [1.165, 1.54) is 6.07 Å². The number of hydrogen-bond donors (Lipinski definition) is 2. The SMILES string of the molecule is O=C(O)CNC(=O)c1ccc(C2CC2)cc1C(F)(F)F. The van der Waals surface area contributed by atoms with Gasteiger partial charge in [0.05, 0.1) is 11.1 Å². The van der Waals surface area contributed by atoms with Crippen LogP contribution in [0.3, 0.4) is 0 Å². The third kappa shape index (κ3) is 3.28. The molecule has 1 aliphatic rings. The molecule has 1 saturated carbocycles. The summed E-state index contributed by atoms with van der Waals surface area (Å²) < 4.78 is 38.9. The summed E-state index contributed by atoms with van der Waals surface area (Å²) in [5, 5.41) is 10.4. The Morgan fingerprint density at radius 3 is 2.45 bits per heavy atom. The second kappa shape index (κ2) is 5.15. The Morgan fingerprint density at radius 2 is 1.95 bits per heavy atom. The van der Waals surface area contributed by atoms with E-state index in [2.05, 4.69) is 0 Å². The van der Waals surface area contributed by atoms with Gasteiger partial charge in [-0.3, -0.25) is 9.59 Å². The number of carboxylic acid groups (broad SMARTS) is 1. The summed E-state index contributed by atoms with van der Waals surface area (Å²) in [4.78, 5) is 22.0. The maximum Gasteiger partial charge on any atom is 0.417 e. The second-order valence-corrected chi connectivity index (χ2v) is 4.65. The van der Waals surface area contributed by atoms with Gasteiger partial charge in [-0.15, -0.1) is 0 Å². The molecule has 20 heavy (non-hydrogen) atoms. The first-order valence-corrected chi connectivity index (χ1v) is 6.00. The first kappa shape index (κ1) is 14.4. The van der Waals surface area contributed by atoms with Crippen molar-refractivity contribution >= 4 is 11.9 Å². The van der Waals surface area contributed by atoms with E-state index in [1.54, 1.807) is 0 Å². The van der Waals surface area contributed by atoms with Crippen LogP contribution in [0, 0.1) is 0 Å². The van der Waals surface area contributed by atoms with Crippen LogP contribution >= 0.6 is 0 Å². The number of carbonyl (C=O) groups is 2. The molecule has 0 aromatic heterocycles. The van der Waals surface area contributed by atoms with Gasteiger partial charge in [-0.2, -0.15) is 13.2 Å². The summed E-state index contributed by atoms with van der Waals surface area (Å²) in [7, 11) is 0. The van der Waals surface area contributed by atoms with Gasteiger partial charge >= 0.3 is 12.1 Å². The number of benzene rings is 1. The number of hydrogen-bond acceptors (Lipinski definition) is 2. The number of aliphatic carboxylic acids is 1. The normalized spacial score (nSPS) is 14.9. The van der Waals surface area contributed by atoms with Gasteiger partial charge in [-0.25, -0.2) is 0 Å². The average molecular weight is 287 g/mol. The first-order valence-electron chi connectivity index (χ1n) is 6.00. The summed E-state index contributed by atoms with van der Waals surface area (Å²) in [6.07, 6.45) is -2.95. The van der Waals surface area contributed by atoms with Crippen LogP contribution in [0.4, 0.5) is 13.2 Å². The van der Waals surface area contributed by atoms with Gasteiger partial charge in [0.2, 0.25) is 0 Å². The Hall–Kier alpha value is -2.05. The predicted molar refractivity (Wildman–Crippen MR) is 63.4 cm³/mol. The van der Waals surface area contributed by atoms with E-state index in [4.69, 9.17) is 5.11 Å². The molecule has 0 atom stereocenters. The zero-order valence-electron chi connectivity index (χ0n) is 10.3. The number of nitrogens with one attached hydrogen (secondary N) is 1. The average Bonchev–Trinajstić information content (AvgIpc) is 3.18. The molecule has 4 nitrogen and oxygen atoms in total. The van der Waals surface area contributed by atoms with E-state index >= 15 is 0 Å². The Labute approximate surface area is 112 Å². The molecule has 2 rings (SSSR count). The second-order valence-electron chi connectivity index (χ2n) is 4.65. The van der Waals surface area contributed by atoms with Crippen molar-refractivity contribution in [3.63, 3.8) is 0 Å². The molecule has 1 aromatic carbocycles. The minimum absolute atomic E-state index is 0.132. The highest BCUT2D eigenvalue weighted by Crippen LogP contribution is 2.42. The van der Waals surface area contributed by atoms with Crippen molar-refractivity contribution in [1.29, 1.82) is 0 Å². The molecule has 0 saturated heterocycles. The van der Waals surface area contributed by atoms with Crippen molar-refractivity contribution in [2.45, 2.75) is 24.9 Å². The van der Waals surface area contributed by atoms with Gasteiger partial charge in [0.1, 0.15) is 6.54 Å². The maximum atomic E-state index is 13.0. The van der Waals surface area contributed by atoms with Crippen LogP contribution < -0.4 is 5.32 Å². The van der Waals surface area contributed by atoms with Gasteiger partial charge in [-0.1, -0.05) is 6.07 Å². The van der Waals surface area contributed by atoms with Crippen LogP contribution in [-0.2, 0) is 11.0 Å². The quantitative estimate of drug-likeness (QED) is 0.893. The molecule has 7 heteroatoms. The van der Waals surface area contributed by atoms with Gasteiger partial charge in [0.25, 0.3) is 5.91 Å². The van der Waals surface area contributed by atoms with Gasteiger partial charge in [0, 0.05) is 0 Å². The van der Waals surface area contributed by atoms with Crippen molar-refractivity contribution in [2.24, 2.45) is 0 Å². The number of alkyl halides is 3. The monoisotopic (exact) mass is 287 g/mol. The van der Waals surface area contributed by atoms with Gasteiger partial charge < -0.3 is 10.4 Å². The smallest absolute Gasteiger partial charge is 0.417 e. The minimum atomic E-state index is -4.65. The van der Waals surface area contributed by atoms with E-state index in [0.29, 0.717) is 5.56 Å². The highest BCUT2D eigenvalue weighted by atomic mass is 19.4. The lowest BCUT2D eigenvalue weighted by atomic mass is 10.0. The lowest BCUT2D eigenvalue weighted by molar-refractivity contribution is -0.138. The number of rotatable bonds is 4. The van der Waals surface area contributed by atoms with Crippen LogP contribution in [0.15, 0.2) is 18.2 Å². The zero-order valence-corrected chi connectivity index (χ0v) is 10.3. The molecule has 1 fully saturated rings. The van der Waals surface area contributed by atoms with E-state index in [1.807, 2.05) is 5.32 Å². The Morgan fingerprint density at radius 1 is 1.30 bits per heavy atom. The van der Waals surface area contributed by atoms with Crippen LogP contribution in [0.1, 0.15) is 40.2 Å². The molecule has 0 heterocycles. The predicted octanol–water partition coefficient (Wildman–Crippen LogP) is 2.40. The van der Waals surface area contributed by atoms with E-state index in [-0.39, 0.29) is 5.92 Å². The molecule has 108 valence electrons. The fraction of sp³-hybridized carbons (Fsp3) is 0.385. The third-order valence-corrected chi connectivity index (χ3v) is 3.04. The summed E-state index contributed by atoms with van der Waals surface area (Å²) in [6.45, 7) is -0.722. The van der Waals surface area contributed by atoms with Crippen LogP contribution in [-0.4, -0.2) is 23.5 Å². The van der Waals surface area contributed by atoms with E-state index in [9.17, 15) is 22.8 Å². The highest BCUT2D eigenvalue weighted by molar-refractivity contribution is 5.97. The molecule has 0 spiro atoms.